The number of nitrogens with zero attached hydrogens (tertiary/aromatic N) is 1. The SMILES string of the molecule is COc1ccc2c(NCCCl)ccnc2c1. The van der Waals surface area contributed by atoms with Crippen LogP contribution in [0.4, 0.5) is 5.69 Å². The molecule has 4 heteroatoms. The Labute approximate surface area is 99.4 Å². The average molecular weight is 237 g/mol. The van der Waals surface area contributed by atoms with Crippen LogP contribution in [0.25, 0.3) is 10.9 Å². The van der Waals surface area contributed by atoms with Crippen LogP contribution in [0.5, 0.6) is 5.75 Å². The van der Waals surface area contributed by atoms with E-state index in [2.05, 4.69) is 10.3 Å². The number of rotatable bonds is 4. The van der Waals surface area contributed by atoms with Gasteiger partial charge in [-0.1, -0.05) is 0 Å². The number of hydrogen-bond acceptors (Lipinski definition) is 3. The number of ether oxygens (including phenoxy) is 1. The maximum Gasteiger partial charge on any atom is 0.121 e. The summed E-state index contributed by atoms with van der Waals surface area (Å²) in [4.78, 5) is 4.31. The Hall–Kier alpha value is -1.48. The van der Waals surface area contributed by atoms with E-state index in [1.54, 1.807) is 13.3 Å². The lowest BCUT2D eigenvalue weighted by Crippen LogP contribution is -2.03. The van der Waals surface area contributed by atoms with Crippen molar-refractivity contribution in [1.29, 1.82) is 0 Å². The van der Waals surface area contributed by atoms with Gasteiger partial charge in [0, 0.05) is 35.8 Å². The van der Waals surface area contributed by atoms with Crippen molar-refractivity contribution in [2.24, 2.45) is 0 Å². The topological polar surface area (TPSA) is 34.1 Å². The Kier molecular flexibility index (Phi) is 3.47. The Morgan fingerprint density at radius 2 is 2.25 bits per heavy atom. The van der Waals surface area contributed by atoms with Gasteiger partial charge in [0.2, 0.25) is 0 Å². The molecule has 2 aromatic rings. The summed E-state index contributed by atoms with van der Waals surface area (Å²) in [5.74, 6) is 1.40. The molecule has 0 saturated carbocycles. The van der Waals surface area contributed by atoms with Gasteiger partial charge in [-0.3, -0.25) is 4.98 Å². The zero-order chi connectivity index (χ0) is 11.4. The van der Waals surface area contributed by atoms with Gasteiger partial charge in [-0.05, 0) is 18.2 Å². The molecule has 0 atom stereocenters. The zero-order valence-corrected chi connectivity index (χ0v) is 9.79. The molecule has 2 rings (SSSR count). The van der Waals surface area contributed by atoms with E-state index in [0.717, 1.165) is 28.9 Å². The highest BCUT2D eigenvalue weighted by Crippen LogP contribution is 2.25. The highest BCUT2D eigenvalue weighted by molar-refractivity contribution is 6.18. The fraction of sp³-hybridized carbons (Fsp3) is 0.250. The fourth-order valence-electron chi connectivity index (χ4n) is 1.59. The molecule has 0 unspecified atom stereocenters. The molecule has 1 aromatic heterocycles. The second kappa shape index (κ2) is 5.03. The molecule has 0 fully saturated rings. The first-order valence-electron chi connectivity index (χ1n) is 5.08. The van der Waals surface area contributed by atoms with Gasteiger partial charge in [0.1, 0.15) is 5.75 Å². The quantitative estimate of drug-likeness (QED) is 0.829. The van der Waals surface area contributed by atoms with Crippen LogP contribution in [-0.2, 0) is 0 Å². The molecule has 0 amide bonds. The number of hydrogen-bond donors (Lipinski definition) is 1. The number of pyridine rings is 1. The van der Waals surface area contributed by atoms with E-state index in [1.807, 2.05) is 24.3 Å². The molecule has 3 nitrogen and oxygen atoms in total. The van der Waals surface area contributed by atoms with Crippen molar-refractivity contribution < 1.29 is 4.74 Å². The summed E-state index contributed by atoms with van der Waals surface area (Å²) < 4.78 is 5.16. The van der Waals surface area contributed by atoms with E-state index in [0.29, 0.717) is 5.88 Å². The minimum atomic E-state index is 0.583. The molecule has 0 aliphatic rings. The third-order valence-corrected chi connectivity index (χ3v) is 2.55. The second-order valence-electron chi connectivity index (χ2n) is 3.36. The minimum absolute atomic E-state index is 0.583. The van der Waals surface area contributed by atoms with E-state index in [9.17, 15) is 0 Å². The summed E-state index contributed by atoms with van der Waals surface area (Å²) in [7, 11) is 1.65. The number of methoxy groups -OCH3 is 1. The van der Waals surface area contributed by atoms with Crippen molar-refractivity contribution in [3.8, 4) is 5.75 Å². The van der Waals surface area contributed by atoms with E-state index in [-0.39, 0.29) is 0 Å². The van der Waals surface area contributed by atoms with Crippen LogP contribution in [0.3, 0.4) is 0 Å². The number of nitrogens with one attached hydrogen (secondary N) is 1. The lowest BCUT2D eigenvalue weighted by Gasteiger charge is -2.08. The summed E-state index contributed by atoms with van der Waals surface area (Å²) in [5, 5.41) is 4.34. The summed E-state index contributed by atoms with van der Waals surface area (Å²) >= 11 is 5.65. The minimum Gasteiger partial charge on any atom is -0.497 e. The smallest absolute Gasteiger partial charge is 0.121 e. The maximum atomic E-state index is 5.65. The number of fused-ring (bicyclic) bond motifs is 1. The first kappa shape index (κ1) is 11.0. The van der Waals surface area contributed by atoms with E-state index in [1.165, 1.54) is 0 Å². The van der Waals surface area contributed by atoms with Gasteiger partial charge in [-0.25, -0.2) is 0 Å². The summed E-state index contributed by atoms with van der Waals surface area (Å²) in [6.45, 7) is 0.743. The largest absolute Gasteiger partial charge is 0.497 e. The molecule has 0 aliphatic carbocycles. The van der Waals surface area contributed by atoms with E-state index >= 15 is 0 Å². The molecule has 84 valence electrons. The molecule has 0 spiro atoms. The van der Waals surface area contributed by atoms with Crippen LogP contribution >= 0.6 is 11.6 Å². The van der Waals surface area contributed by atoms with Gasteiger partial charge in [-0.2, -0.15) is 0 Å². The molecule has 0 aliphatic heterocycles. The Bertz CT molecular complexity index is 487. The first-order chi connectivity index (χ1) is 7.85. The normalized spacial score (nSPS) is 10.4. The van der Waals surface area contributed by atoms with Crippen molar-refractivity contribution in [3.05, 3.63) is 30.5 Å². The number of aromatic nitrogens is 1. The molecule has 0 bridgehead atoms. The predicted octanol–water partition coefficient (Wildman–Crippen LogP) is 2.89. The molecule has 16 heavy (non-hydrogen) atoms. The van der Waals surface area contributed by atoms with Crippen LogP contribution in [0.1, 0.15) is 0 Å². The van der Waals surface area contributed by atoms with Crippen molar-refractivity contribution in [1.82, 2.24) is 4.98 Å². The van der Waals surface area contributed by atoms with Crippen molar-refractivity contribution >= 4 is 28.2 Å². The molecule has 1 N–H and O–H groups in total. The molecular weight excluding hydrogens is 224 g/mol. The summed E-state index contributed by atoms with van der Waals surface area (Å²) in [5.41, 5.74) is 1.97. The first-order valence-corrected chi connectivity index (χ1v) is 5.61. The highest BCUT2D eigenvalue weighted by Gasteiger charge is 2.02. The predicted molar refractivity (Wildman–Crippen MR) is 67.5 cm³/mol. The van der Waals surface area contributed by atoms with Gasteiger partial charge in [0.25, 0.3) is 0 Å². The number of anilines is 1. The van der Waals surface area contributed by atoms with Crippen molar-refractivity contribution in [2.75, 3.05) is 24.9 Å². The van der Waals surface area contributed by atoms with Crippen LogP contribution in [0, 0.1) is 0 Å². The molecule has 0 radical (unpaired) electrons. The van der Waals surface area contributed by atoms with Gasteiger partial charge in [0.15, 0.2) is 0 Å². The lowest BCUT2D eigenvalue weighted by molar-refractivity contribution is 0.415. The third kappa shape index (κ3) is 2.19. The van der Waals surface area contributed by atoms with Crippen molar-refractivity contribution in [2.45, 2.75) is 0 Å². The van der Waals surface area contributed by atoms with Crippen LogP contribution in [0.15, 0.2) is 30.5 Å². The van der Waals surface area contributed by atoms with Crippen LogP contribution in [0.2, 0.25) is 0 Å². The zero-order valence-electron chi connectivity index (χ0n) is 9.03. The third-order valence-electron chi connectivity index (χ3n) is 2.36. The standard InChI is InChI=1S/C12H13ClN2O/c1-16-9-2-3-10-11(15-7-5-13)4-6-14-12(10)8-9/h2-4,6,8H,5,7H2,1H3,(H,14,15). The Morgan fingerprint density at radius 1 is 1.38 bits per heavy atom. The van der Waals surface area contributed by atoms with E-state index in [4.69, 9.17) is 16.3 Å². The number of halogens is 1. The van der Waals surface area contributed by atoms with Gasteiger partial charge < -0.3 is 10.1 Å². The monoisotopic (exact) mass is 236 g/mol. The average Bonchev–Trinajstić information content (AvgIpc) is 2.35. The maximum absolute atomic E-state index is 5.65. The summed E-state index contributed by atoms with van der Waals surface area (Å²) in [6.07, 6.45) is 1.78. The molecule has 1 heterocycles. The fourth-order valence-corrected chi connectivity index (χ4v) is 1.69. The molecule has 1 aromatic carbocycles. The van der Waals surface area contributed by atoms with Gasteiger partial charge >= 0.3 is 0 Å². The second-order valence-corrected chi connectivity index (χ2v) is 3.74. The van der Waals surface area contributed by atoms with Crippen molar-refractivity contribution in [3.63, 3.8) is 0 Å². The number of alkyl halides is 1. The Morgan fingerprint density at radius 3 is 3.00 bits per heavy atom. The van der Waals surface area contributed by atoms with Crippen LogP contribution < -0.4 is 10.1 Å². The lowest BCUT2D eigenvalue weighted by atomic mass is 10.2. The van der Waals surface area contributed by atoms with Gasteiger partial charge in [0.05, 0.1) is 12.6 Å². The van der Waals surface area contributed by atoms with E-state index < -0.39 is 0 Å². The number of benzene rings is 1. The van der Waals surface area contributed by atoms with Crippen LogP contribution in [-0.4, -0.2) is 24.5 Å². The van der Waals surface area contributed by atoms with Gasteiger partial charge in [-0.15, -0.1) is 11.6 Å². The highest BCUT2D eigenvalue weighted by atomic mass is 35.5. The molecule has 0 saturated heterocycles. The molecular formula is C12H13ClN2O. The Balaban J connectivity index is 2.43. The summed E-state index contributed by atoms with van der Waals surface area (Å²) in [6, 6.07) is 7.79.